The topological polar surface area (TPSA) is 82.8 Å². The van der Waals surface area contributed by atoms with Gasteiger partial charge in [0, 0.05) is 25.6 Å². The second kappa shape index (κ2) is 12.1. The van der Waals surface area contributed by atoms with Crippen LogP contribution in [0.15, 0.2) is 60.7 Å². The van der Waals surface area contributed by atoms with Crippen LogP contribution in [0.2, 0.25) is 0 Å². The van der Waals surface area contributed by atoms with Gasteiger partial charge in [-0.1, -0.05) is 18.2 Å². The highest BCUT2D eigenvalue weighted by Gasteiger charge is 2.29. The third-order valence-electron chi connectivity index (χ3n) is 5.87. The molecular formula is C27H26ClF3N2O5. The quantitative estimate of drug-likeness (QED) is 0.253. The number of alkyl halides is 3. The molecule has 11 heteroatoms. The largest absolute Gasteiger partial charge is 0.497 e. The van der Waals surface area contributed by atoms with Gasteiger partial charge in [-0.15, -0.1) is 12.4 Å². The number of carboxylic acids is 1. The number of hydrogen-bond acceptors (Lipinski definition) is 5. The zero-order chi connectivity index (χ0) is 26.6. The van der Waals surface area contributed by atoms with Crippen LogP contribution in [0.5, 0.6) is 17.2 Å². The van der Waals surface area contributed by atoms with E-state index in [4.69, 9.17) is 19.3 Å². The minimum absolute atomic E-state index is 0. The standard InChI is InChI=1S/C27H25F3N2O5.ClH/c1-32-23-13-20(35-2)10-11-22(23)31-25(32)16-36-21-9-5-18(6-12-26(33)34)24(14-21)37-15-17-3-7-19(8-4-17)27(28,29)30;/h3-5,7-11,13-14H,6,12,15-16H2,1-2H3,(H,33,34);1H. The number of imidazole rings is 1. The van der Waals surface area contributed by atoms with Crippen molar-refractivity contribution in [3.8, 4) is 17.2 Å². The van der Waals surface area contributed by atoms with Crippen LogP contribution in [0, 0.1) is 0 Å². The van der Waals surface area contributed by atoms with Crippen molar-refractivity contribution in [1.82, 2.24) is 9.55 Å². The molecule has 38 heavy (non-hydrogen) atoms. The van der Waals surface area contributed by atoms with Crippen molar-refractivity contribution < 1.29 is 37.3 Å². The Bertz CT molecular complexity index is 1400. The molecule has 0 fully saturated rings. The number of aliphatic carboxylic acids is 1. The lowest BCUT2D eigenvalue weighted by Crippen LogP contribution is -2.06. The fourth-order valence-corrected chi connectivity index (χ4v) is 3.78. The molecule has 0 bridgehead atoms. The van der Waals surface area contributed by atoms with Gasteiger partial charge in [-0.05, 0) is 47.9 Å². The number of carbonyl (C=O) groups is 1. The molecular weight excluding hydrogens is 525 g/mol. The van der Waals surface area contributed by atoms with Crippen LogP contribution in [0.1, 0.15) is 28.9 Å². The van der Waals surface area contributed by atoms with E-state index in [0.717, 1.165) is 28.9 Å². The first kappa shape index (κ1) is 28.6. The molecule has 1 N–H and O–H groups in total. The van der Waals surface area contributed by atoms with E-state index in [2.05, 4.69) is 4.98 Å². The van der Waals surface area contributed by atoms with Crippen LogP contribution in [-0.4, -0.2) is 27.7 Å². The third-order valence-corrected chi connectivity index (χ3v) is 5.87. The lowest BCUT2D eigenvalue weighted by Gasteiger charge is -2.14. The van der Waals surface area contributed by atoms with Crippen molar-refractivity contribution in [2.45, 2.75) is 32.2 Å². The zero-order valence-electron chi connectivity index (χ0n) is 20.6. The Morgan fingerprint density at radius 3 is 2.34 bits per heavy atom. The maximum absolute atomic E-state index is 12.8. The van der Waals surface area contributed by atoms with E-state index >= 15 is 0 Å². The number of rotatable bonds is 10. The molecule has 7 nitrogen and oxygen atoms in total. The molecule has 0 radical (unpaired) electrons. The van der Waals surface area contributed by atoms with Gasteiger partial charge in [-0.25, -0.2) is 4.98 Å². The van der Waals surface area contributed by atoms with Crippen LogP contribution in [-0.2, 0) is 37.7 Å². The predicted octanol–water partition coefficient (Wildman–Crippen LogP) is 6.20. The molecule has 4 aromatic rings. The molecule has 0 saturated heterocycles. The van der Waals surface area contributed by atoms with Crippen molar-refractivity contribution in [2.24, 2.45) is 7.05 Å². The van der Waals surface area contributed by atoms with Crippen molar-refractivity contribution in [3.05, 3.63) is 83.2 Å². The number of nitrogens with zero attached hydrogens (tertiary/aromatic N) is 2. The van der Waals surface area contributed by atoms with Crippen LogP contribution in [0.4, 0.5) is 13.2 Å². The van der Waals surface area contributed by atoms with Gasteiger partial charge in [0.25, 0.3) is 0 Å². The summed E-state index contributed by atoms with van der Waals surface area (Å²) in [6, 6.07) is 15.4. The molecule has 0 spiro atoms. The zero-order valence-corrected chi connectivity index (χ0v) is 21.4. The number of hydrogen-bond donors (Lipinski definition) is 1. The number of benzene rings is 3. The number of methoxy groups -OCH3 is 1. The highest BCUT2D eigenvalue weighted by molar-refractivity contribution is 5.85. The van der Waals surface area contributed by atoms with Crippen molar-refractivity contribution in [2.75, 3.05) is 7.11 Å². The molecule has 1 aromatic heterocycles. The fourth-order valence-electron chi connectivity index (χ4n) is 3.78. The van der Waals surface area contributed by atoms with Crippen LogP contribution >= 0.6 is 12.4 Å². The van der Waals surface area contributed by atoms with Gasteiger partial charge >= 0.3 is 12.1 Å². The Hall–Kier alpha value is -3.92. The molecule has 3 aromatic carbocycles. The first-order valence-corrected chi connectivity index (χ1v) is 11.4. The first-order valence-electron chi connectivity index (χ1n) is 11.4. The summed E-state index contributed by atoms with van der Waals surface area (Å²) in [5.74, 6) is 1.33. The molecule has 4 rings (SSSR count). The number of carboxylic acid groups (broad SMARTS) is 1. The molecule has 0 aliphatic rings. The van der Waals surface area contributed by atoms with Gasteiger partial charge in [0.2, 0.25) is 0 Å². The summed E-state index contributed by atoms with van der Waals surface area (Å²) in [5, 5.41) is 9.07. The summed E-state index contributed by atoms with van der Waals surface area (Å²) < 4.78 is 57.5. The number of fused-ring (bicyclic) bond motifs is 1. The Labute approximate surface area is 223 Å². The van der Waals surface area contributed by atoms with Crippen molar-refractivity contribution >= 4 is 29.4 Å². The molecule has 0 aliphatic carbocycles. The number of aromatic nitrogens is 2. The average Bonchev–Trinajstić information content (AvgIpc) is 3.19. The van der Waals surface area contributed by atoms with Crippen LogP contribution < -0.4 is 14.2 Å². The lowest BCUT2D eigenvalue weighted by molar-refractivity contribution is -0.138. The Kier molecular flexibility index (Phi) is 9.11. The number of ether oxygens (including phenoxy) is 3. The normalized spacial score (nSPS) is 11.2. The summed E-state index contributed by atoms with van der Waals surface area (Å²) in [5.41, 5.74) is 2.14. The molecule has 1 heterocycles. The third kappa shape index (κ3) is 6.89. The smallest absolute Gasteiger partial charge is 0.416 e. The summed E-state index contributed by atoms with van der Waals surface area (Å²) in [4.78, 5) is 15.7. The summed E-state index contributed by atoms with van der Waals surface area (Å²) in [6.45, 7) is 0.175. The minimum atomic E-state index is -4.42. The molecule has 202 valence electrons. The molecule has 0 aliphatic heterocycles. The van der Waals surface area contributed by atoms with E-state index in [1.54, 1.807) is 25.3 Å². The average molecular weight is 551 g/mol. The molecule has 0 amide bonds. The van der Waals surface area contributed by atoms with Crippen LogP contribution in [0.3, 0.4) is 0 Å². The van der Waals surface area contributed by atoms with E-state index < -0.39 is 17.7 Å². The van der Waals surface area contributed by atoms with Gasteiger partial charge in [0.05, 0.1) is 23.7 Å². The summed E-state index contributed by atoms with van der Waals surface area (Å²) in [7, 11) is 3.47. The maximum atomic E-state index is 12.8. The SMILES string of the molecule is COc1ccc2nc(COc3ccc(CCC(=O)O)c(OCc4ccc(C(F)(F)F)cc4)c3)n(C)c2c1.Cl. The van der Waals surface area contributed by atoms with E-state index in [-0.39, 0.29) is 38.5 Å². The Morgan fingerprint density at radius 2 is 1.68 bits per heavy atom. The van der Waals surface area contributed by atoms with E-state index in [1.165, 1.54) is 12.1 Å². The minimum Gasteiger partial charge on any atom is -0.497 e. The first-order chi connectivity index (χ1) is 17.6. The van der Waals surface area contributed by atoms with E-state index in [1.807, 2.05) is 29.8 Å². The number of aryl methyl sites for hydroxylation is 2. The second-order valence-electron chi connectivity index (χ2n) is 8.38. The van der Waals surface area contributed by atoms with Gasteiger partial charge in [-0.3, -0.25) is 4.79 Å². The monoisotopic (exact) mass is 550 g/mol. The van der Waals surface area contributed by atoms with Crippen molar-refractivity contribution in [1.29, 1.82) is 0 Å². The maximum Gasteiger partial charge on any atom is 0.416 e. The second-order valence-corrected chi connectivity index (χ2v) is 8.38. The molecule has 0 atom stereocenters. The van der Waals surface area contributed by atoms with Gasteiger partial charge < -0.3 is 23.9 Å². The van der Waals surface area contributed by atoms with Crippen molar-refractivity contribution in [3.63, 3.8) is 0 Å². The van der Waals surface area contributed by atoms with Gasteiger partial charge in [0.15, 0.2) is 0 Å². The molecule has 0 unspecified atom stereocenters. The molecule has 0 saturated carbocycles. The van der Waals surface area contributed by atoms with Gasteiger partial charge in [-0.2, -0.15) is 13.2 Å². The van der Waals surface area contributed by atoms with Gasteiger partial charge in [0.1, 0.15) is 36.3 Å². The van der Waals surface area contributed by atoms with E-state index in [9.17, 15) is 18.0 Å². The highest BCUT2D eigenvalue weighted by atomic mass is 35.5. The Morgan fingerprint density at radius 1 is 0.974 bits per heavy atom. The number of halogens is 4. The summed E-state index contributed by atoms with van der Waals surface area (Å²) >= 11 is 0. The highest BCUT2D eigenvalue weighted by Crippen LogP contribution is 2.31. The lowest BCUT2D eigenvalue weighted by atomic mass is 10.1. The fraction of sp³-hybridized carbons (Fsp3) is 0.259. The Balaban J connectivity index is 0.00000400. The summed E-state index contributed by atoms with van der Waals surface area (Å²) in [6.07, 6.45) is -4.29. The predicted molar refractivity (Wildman–Crippen MR) is 137 cm³/mol. The van der Waals surface area contributed by atoms with Crippen LogP contribution in [0.25, 0.3) is 11.0 Å². The van der Waals surface area contributed by atoms with E-state index in [0.29, 0.717) is 28.5 Å².